The Hall–Kier alpha value is -1.70. The number of nitrogen functional groups attached to an aromatic ring is 1. The highest BCUT2D eigenvalue weighted by Gasteiger charge is 2.13. The number of hydrogen-bond donors (Lipinski definition) is 4. The van der Waals surface area contributed by atoms with Crippen LogP contribution in [0.1, 0.15) is 10.4 Å². The van der Waals surface area contributed by atoms with Crippen LogP contribution in [0.3, 0.4) is 0 Å². The second kappa shape index (κ2) is 5.30. The predicted molar refractivity (Wildman–Crippen MR) is 69.5 cm³/mol. The first-order chi connectivity index (χ1) is 8.63. The van der Waals surface area contributed by atoms with E-state index in [1.165, 1.54) is 11.3 Å². The van der Waals surface area contributed by atoms with Crippen molar-refractivity contribution in [3.8, 4) is 0 Å². The van der Waals surface area contributed by atoms with E-state index in [-0.39, 0.29) is 19.1 Å². The number of nitrogens with two attached hydrogens (primary N) is 1. The fourth-order valence-corrected chi connectivity index (χ4v) is 2.27. The molecule has 0 spiro atoms. The minimum Gasteiger partial charge on any atom is -0.394 e. The van der Waals surface area contributed by atoms with E-state index in [2.05, 4.69) is 10.3 Å². The van der Waals surface area contributed by atoms with E-state index in [0.29, 0.717) is 10.7 Å². The second-order valence-corrected chi connectivity index (χ2v) is 4.83. The molecular formula is C11H13N3O3S. The summed E-state index contributed by atoms with van der Waals surface area (Å²) in [5, 5.41) is 20.8. The van der Waals surface area contributed by atoms with Crippen molar-refractivity contribution in [3.05, 3.63) is 23.8 Å². The zero-order valence-corrected chi connectivity index (χ0v) is 10.3. The monoisotopic (exact) mass is 267 g/mol. The first-order valence-electron chi connectivity index (χ1n) is 5.32. The van der Waals surface area contributed by atoms with Gasteiger partial charge in [0.25, 0.3) is 5.91 Å². The van der Waals surface area contributed by atoms with Gasteiger partial charge >= 0.3 is 0 Å². The molecule has 2 rings (SSSR count). The van der Waals surface area contributed by atoms with Gasteiger partial charge in [-0.1, -0.05) is 11.3 Å². The summed E-state index contributed by atoms with van der Waals surface area (Å²) in [7, 11) is 0. The van der Waals surface area contributed by atoms with Gasteiger partial charge in [-0.25, -0.2) is 4.98 Å². The Labute approximate surface area is 107 Å². The molecule has 6 nitrogen and oxygen atoms in total. The Bertz CT molecular complexity index is 566. The van der Waals surface area contributed by atoms with Gasteiger partial charge in [0.2, 0.25) is 0 Å². The first kappa shape index (κ1) is 12.7. The highest BCUT2D eigenvalue weighted by atomic mass is 32.1. The van der Waals surface area contributed by atoms with E-state index >= 15 is 0 Å². The number of anilines is 1. The molecule has 0 unspecified atom stereocenters. The number of fused-ring (bicyclic) bond motifs is 1. The third-order valence-corrected chi connectivity index (χ3v) is 3.29. The molecule has 0 bridgehead atoms. The van der Waals surface area contributed by atoms with Crippen LogP contribution in [0.4, 0.5) is 5.13 Å². The summed E-state index contributed by atoms with van der Waals surface area (Å²) < 4.78 is 0.824. The fraction of sp³-hybridized carbons (Fsp3) is 0.273. The first-order valence-corrected chi connectivity index (χ1v) is 6.14. The molecule has 2 aromatic rings. The number of thiazole rings is 1. The van der Waals surface area contributed by atoms with E-state index in [1.54, 1.807) is 18.2 Å². The molecule has 0 aliphatic rings. The number of rotatable bonds is 4. The van der Waals surface area contributed by atoms with Crippen molar-refractivity contribution in [2.24, 2.45) is 0 Å². The van der Waals surface area contributed by atoms with Crippen LogP contribution >= 0.6 is 11.3 Å². The Morgan fingerprint density at radius 2 is 2.17 bits per heavy atom. The summed E-state index contributed by atoms with van der Waals surface area (Å²) in [6.45, 7) is -0.615. The van der Waals surface area contributed by atoms with Gasteiger partial charge in [0.15, 0.2) is 5.13 Å². The minimum atomic E-state index is -0.653. The van der Waals surface area contributed by atoms with E-state index in [0.717, 1.165) is 10.2 Å². The van der Waals surface area contributed by atoms with Crippen molar-refractivity contribution in [2.75, 3.05) is 18.9 Å². The lowest BCUT2D eigenvalue weighted by Crippen LogP contribution is -2.40. The van der Waals surface area contributed by atoms with Crippen molar-refractivity contribution in [1.29, 1.82) is 0 Å². The number of amides is 1. The van der Waals surface area contributed by atoms with Crippen molar-refractivity contribution >= 4 is 32.6 Å². The number of carbonyl (C=O) groups excluding carboxylic acids is 1. The van der Waals surface area contributed by atoms with Crippen LogP contribution in [0, 0.1) is 0 Å². The number of aliphatic hydroxyl groups excluding tert-OH is 2. The lowest BCUT2D eigenvalue weighted by Gasteiger charge is -2.13. The Kier molecular flexibility index (Phi) is 3.75. The number of nitrogens with zero attached hydrogens (tertiary/aromatic N) is 1. The van der Waals surface area contributed by atoms with Crippen molar-refractivity contribution in [2.45, 2.75) is 6.04 Å². The van der Waals surface area contributed by atoms with E-state index in [9.17, 15) is 4.79 Å². The standard InChI is InChI=1S/C11H13N3O3S/c12-11-14-8-2-1-6(3-9(8)18-11)10(17)13-7(4-15)5-16/h1-3,7,15-16H,4-5H2,(H2,12,14)(H,13,17). The van der Waals surface area contributed by atoms with Gasteiger partial charge in [-0.15, -0.1) is 0 Å². The molecule has 1 aromatic heterocycles. The largest absolute Gasteiger partial charge is 0.394 e. The number of nitrogens with one attached hydrogen (secondary N) is 1. The van der Waals surface area contributed by atoms with Gasteiger partial charge in [0.05, 0.1) is 29.5 Å². The molecule has 0 saturated carbocycles. The average molecular weight is 267 g/mol. The molecule has 18 heavy (non-hydrogen) atoms. The van der Waals surface area contributed by atoms with Gasteiger partial charge < -0.3 is 21.3 Å². The molecule has 1 heterocycles. The van der Waals surface area contributed by atoms with Gasteiger partial charge in [-0.3, -0.25) is 4.79 Å². The minimum absolute atomic E-state index is 0.308. The highest BCUT2D eigenvalue weighted by Crippen LogP contribution is 2.24. The molecule has 0 radical (unpaired) electrons. The predicted octanol–water partition coefficient (Wildman–Crippen LogP) is -0.0385. The number of carbonyl (C=O) groups is 1. The highest BCUT2D eigenvalue weighted by molar-refractivity contribution is 7.22. The van der Waals surface area contributed by atoms with E-state index in [4.69, 9.17) is 15.9 Å². The number of aromatic nitrogens is 1. The molecule has 5 N–H and O–H groups in total. The lowest BCUT2D eigenvalue weighted by atomic mass is 10.2. The molecule has 96 valence electrons. The van der Waals surface area contributed by atoms with Crippen LogP contribution in [-0.4, -0.2) is 40.4 Å². The van der Waals surface area contributed by atoms with Gasteiger partial charge in [-0.05, 0) is 18.2 Å². The maximum Gasteiger partial charge on any atom is 0.251 e. The summed E-state index contributed by atoms with van der Waals surface area (Å²) in [5.74, 6) is -0.350. The smallest absolute Gasteiger partial charge is 0.251 e. The third-order valence-electron chi connectivity index (χ3n) is 2.44. The molecule has 1 amide bonds. The van der Waals surface area contributed by atoms with Crippen LogP contribution in [0.25, 0.3) is 10.2 Å². The summed E-state index contributed by atoms with van der Waals surface area (Å²) in [5.41, 5.74) is 6.77. The fourth-order valence-electron chi connectivity index (χ4n) is 1.50. The summed E-state index contributed by atoms with van der Waals surface area (Å²) in [6.07, 6.45) is 0. The van der Waals surface area contributed by atoms with Crippen molar-refractivity contribution in [1.82, 2.24) is 10.3 Å². The SMILES string of the molecule is Nc1nc2ccc(C(=O)NC(CO)CO)cc2s1. The summed E-state index contributed by atoms with van der Waals surface area (Å²) >= 11 is 1.30. The summed E-state index contributed by atoms with van der Waals surface area (Å²) in [6, 6.07) is 4.37. The normalized spacial score (nSPS) is 11.1. The average Bonchev–Trinajstić information content (AvgIpc) is 2.74. The number of benzene rings is 1. The van der Waals surface area contributed by atoms with Crippen LogP contribution < -0.4 is 11.1 Å². The molecule has 0 fully saturated rings. The molecule has 0 atom stereocenters. The van der Waals surface area contributed by atoms with Crippen molar-refractivity contribution < 1.29 is 15.0 Å². The Balaban J connectivity index is 2.22. The number of aliphatic hydroxyl groups is 2. The van der Waals surface area contributed by atoms with Crippen LogP contribution in [0.15, 0.2) is 18.2 Å². The molecule has 0 aliphatic heterocycles. The molecule has 0 aliphatic carbocycles. The molecule has 0 saturated heterocycles. The quantitative estimate of drug-likeness (QED) is 0.621. The molecule has 7 heteroatoms. The maximum absolute atomic E-state index is 11.8. The summed E-state index contributed by atoms with van der Waals surface area (Å²) in [4.78, 5) is 15.9. The molecule has 1 aromatic carbocycles. The maximum atomic E-state index is 11.8. The van der Waals surface area contributed by atoms with E-state index in [1.807, 2.05) is 0 Å². The van der Waals surface area contributed by atoms with Gasteiger partial charge in [-0.2, -0.15) is 0 Å². The lowest BCUT2D eigenvalue weighted by molar-refractivity contribution is 0.0879. The zero-order chi connectivity index (χ0) is 13.1. The zero-order valence-electron chi connectivity index (χ0n) is 9.46. The topological polar surface area (TPSA) is 108 Å². The Morgan fingerprint density at radius 1 is 1.44 bits per heavy atom. The second-order valence-electron chi connectivity index (χ2n) is 3.77. The van der Waals surface area contributed by atoms with E-state index < -0.39 is 6.04 Å². The van der Waals surface area contributed by atoms with Crippen molar-refractivity contribution in [3.63, 3.8) is 0 Å². The van der Waals surface area contributed by atoms with Crippen LogP contribution in [-0.2, 0) is 0 Å². The third kappa shape index (κ3) is 2.58. The van der Waals surface area contributed by atoms with Crippen LogP contribution in [0.5, 0.6) is 0 Å². The van der Waals surface area contributed by atoms with Gasteiger partial charge in [0, 0.05) is 5.56 Å². The number of hydrogen-bond acceptors (Lipinski definition) is 6. The molecular weight excluding hydrogens is 254 g/mol. The van der Waals surface area contributed by atoms with Crippen LogP contribution in [0.2, 0.25) is 0 Å². The Morgan fingerprint density at radius 3 is 2.83 bits per heavy atom. The van der Waals surface area contributed by atoms with Gasteiger partial charge in [0.1, 0.15) is 0 Å².